The Bertz CT molecular complexity index is 1250. The van der Waals surface area contributed by atoms with Crippen molar-refractivity contribution in [3.8, 4) is 11.5 Å². The molecular formula is C25H22N2O5S. The van der Waals surface area contributed by atoms with Gasteiger partial charge in [-0.15, -0.1) is 11.3 Å². The number of ketones is 1. The maximum Gasteiger partial charge on any atom is 0.301 e. The lowest BCUT2D eigenvalue weighted by Crippen LogP contribution is -2.29. The zero-order valence-electron chi connectivity index (χ0n) is 18.1. The number of aromatic nitrogens is 1. The number of hydrogen-bond acceptors (Lipinski definition) is 7. The third-order valence-corrected chi connectivity index (χ3v) is 6.57. The van der Waals surface area contributed by atoms with Crippen molar-refractivity contribution in [2.24, 2.45) is 0 Å². The molecule has 168 valence electrons. The highest BCUT2D eigenvalue weighted by atomic mass is 32.1. The summed E-state index contributed by atoms with van der Waals surface area (Å²) in [5.74, 6) is -0.346. The van der Waals surface area contributed by atoms with Crippen LogP contribution in [0.25, 0.3) is 5.76 Å². The van der Waals surface area contributed by atoms with Crippen LogP contribution >= 0.6 is 11.3 Å². The quantitative estimate of drug-likeness (QED) is 0.345. The van der Waals surface area contributed by atoms with Crippen LogP contribution in [0.4, 0.5) is 5.13 Å². The topological polar surface area (TPSA) is 89.0 Å². The number of benzene rings is 2. The third-order valence-electron chi connectivity index (χ3n) is 5.80. The summed E-state index contributed by atoms with van der Waals surface area (Å²) in [5, 5.41) is 13.4. The van der Waals surface area contributed by atoms with Crippen LogP contribution in [0.15, 0.2) is 59.6 Å². The highest BCUT2D eigenvalue weighted by molar-refractivity contribution is 7.14. The lowest BCUT2D eigenvalue weighted by Gasteiger charge is -2.23. The smallest absolute Gasteiger partial charge is 0.301 e. The molecule has 0 bridgehead atoms. The average Bonchev–Trinajstić information content (AvgIpc) is 3.45. The van der Waals surface area contributed by atoms with Crippen LogP contribution in [-0.4, -0.2) is 35.0 Å². The highest BCUT2D eigenvalue weighted by Gasteiger charge is 2.48. The minimum Gasteiger partial charge on any atom is -0.507 e. The van der Waals surface area contributed by atoms with Crippen molar-refractivity contribution >= 4 is 33.9 Å². The fraction of sp³-hybridized carbons (Fsp3) is 0.240. The Morgan fingerprint density at radius 3 is 2.48 bits per heavy atom. The average molecular weight is 463 g/mol. The maximum absolute atomic E-state index is 13.2. The number of rotatable bonds is 4. The summed E-state index contributed by atoms with van der Waals surface area (Å²) in [5.41, 5.74) is 2.24. The Kier molecular flexibility index (Phi) is 5.38. The van der Waals surface area contributed by atoms with E-state index in [-0.39, 0.29) is 11.3 Å². The molecule has 0 aliphatic carbocycles. The van der Waals surface area contributed by atoms with Gasteiger partial charge in [-0.1, -0.05) is 38.1 Å². The Morgan fingerprint density at radius 2 is 1.82 bits per heavy atom. The van der Waals surface area contributed by atoms with Gasteiger partial charge in [-0.25, -0.2) is 4.98 Å². The third kappa shape index (κ3) is 3.66. The number of Topliss-reactive ketones (excluding diaryl/α,β-unsaturated/α-hetero) is 1. The van der Waals surface area contributed by atoms with Crippen LogP contribution in [0.2, 0.25) is 0 Å². The first-order valence-electron chi connectivity index (χ1n) is 10.7. The molecule has 8 heteroatoms. The van der Waals surface area contributed by atoms with Crippen LogP contribution in [0.5, 0.6) is 11.5 Å². The molecule has 2 aromatic carbocycles. The van der Waals surface area contributed by atoms with E-state index in [0.717, 1.165) is 5.56 Å². The summed E-state index contributed by atoms with van der Waals surface area (Å²) in [4.78, 5) is 31.9. The van der Waals surface area contributed by atoms with Gasteiger partial charge in [0.1, 0.15) is 19.0 Å². The second-order valence-electron chi connectivity index (χ2n) is 8.16. The van der Waals surface area contributed by atoms with Gasteiger partial charge in [0, 0.05) is 17.1 Å². The van der Waals surface area contributed by atoms with E-state index >= 15 is 0 Å². The van der Waals surface area contributed by atoms with Crippen LogP contribution < -0.4 is 14.4 Å². The Labute approximate surface area is 194 Å². The molecule has 33 heavy (non-hydrogen) atoms. The number of aliphatic hydroxyl groups excluding tert-OH is 1. The molecule has 2 aliphatic heterocycles. The predicted octanol–water partition coefficient (Wildman–Crippen LogP) is 4.66. The van der Waals surface area contributed by atoms with Crippen LogP contribution in [-0.2, 0) is 9.59 Å². The molecular weight excluding hydrogens is 440 g/mol. The van der Waals surface area contributed by atoms with E-state index in [1.807, 2.05) is 24.3 Å². The van der Waals surface area contributed by atoms with E-state index in [2.05, 4.69) is 18.8 Å². The molecule has 1 amide bonds. The number of nitrogens with zero attached hydrogens (tertiary/aromatic N) is 2. The van der Waals surface area contributed by atoms with Crippen molar-refractivity contribution in [2.75, 3.05) is 18.1 Å². The van der Waals surface area contributed by atoms with Crippen molar-refractivity contribution in [1.82, 2.24) is 4.98 Å². The fourth-order valence-electron chi connectivity index (χ4n) is 4.09. The van der Waals surface area contributed by atoms with Crippen LogP contribution in [0.3, 0.4) is 0 Å². The largest absolute Gasteiger partial charge is 0.507 e. The molecule has 0 unspecified atom stereocenters. The summed E-state index contributed by atoms with van der Waals surface area (Å²) >= 11 is 1.26. The highest BCUT2D eigenvalue weighted by Crippen LogP contribution is 2.43. The van der Waals surface area contributed by atoms with E-state index < -0.39 is 17.7 Å². The standard InChI is InChI=1S/C25H22N2O5S/c1-14(2)15-3-5-16(6-4-15)21-20(23(29)24(30)27(21)25-26-9-12-33-25)22(28)17-7-8-18-19(13-17)32-11-10-31-18/h3-9,12-14,21,28H,10-11H2,1-2H3/b22-20+/t21-/m0/s1. The minimum absolute atomic E-state index is 0.0178. The molecule has 2 aliphatic rings. The first-order valence-corrected chi connectivity index (χ1v) is 11.5. The molecule has 1 aromatic heterocycles. The van der Waals surface area contributed by atoms with Gasteiger partial charge in [0.05, 0.1) is 11.6 Å². The number of carbonyl (C=O) groups excluding carboxylic acids is 2. The van der Waals surface area contributed by atoms with Gasteiger partial charge in [-0.3, -0.25) is 14.5 Å². The number of anilines is 1. The minimum atomic E-state index is -0.800. The molecule has 3 aromatic rings. The van der Waals surface area contributed by atoms with Crippen molar-refractivity contribution in [2.45, 2.75) is 25.8 Å². The number of carbonyl (C=O) groups is 2. The molecule has 0 spiro atoms. The summed E-state index contributed by atoms with van der Waals surface area (Å²) in [7, 11) is 0. The summed E-state index contributed by atoms with van der Waals surface area (Å²) < 4.78 is 11.2. The van der Waals surface area contributed by atoms with Crippen molar-refractivity contribution in [3.63, 3.8) is 0 Å². The number of fused-ring (bicyclic) bond motifs is 1. The molecule has 1 fully saturated rings. The summed E-state index contributed by atoms with van der Waals surface area (Å²) in [6.45, 7) is 5.04. The van der Waals surface area contributed by atoms with Gasteiger partial charge in [0.25, 0.3) is 5.78 Å². The van der Waals surface area contributed by atoms with Crippen LogP contribution in [0.1, 0.15) is 42.5 Å². The number of ether oxygens (including phenoxy) is 2. The fourth-order valence-corrected chi connectivity index (χ4v) is 4.76. The monoisotopic (exact) mass is 462 g/mol. The molecule has 0 saturated carbocycles. The predicted molar refractivity (Wildman–Crippen MR) is 125 cm³/mol. The summed E-state index contributed by atoms with van der Waals surface area (Å²) in [6, 6.07) is 11.9. The van der Waals surface area contributed by atoms with Crippen molar-refractivity contribution in [3.05, 3.63) is 76.3 Å². The summed E-state index contributed by atoms with van der Waals surface area (Å²) in [6.07, 6.45) is 1.58. The number of hydrogen-bond donors (Lipinski definition) is 1. The lowest BCUT2D eigenvalue weighted by molar-refractivity contribution is -0.132. The molecule has 3 heterocycles. The lowest BCUT2D eigenvalue weighted by atomic mass is 9.93. The number of thiazole rings is 1. The number of aliphatic hydroxyl groups is 1. The van der Waals surface area contributed by atoms with E-state index in [4.69, 9.17) is 9.47 Å². The Hall–Kier alpha value is -3.65. The van der Waals surface area contributed by atoms with Crippen LogP contribution in [0, 0.1) is 0 Å². The van der Waals surface area contributed by atoms with Crippen molar-refractivity contribution < 1.29 is 24.2 Å². The maximum atomic E-state index is 13.2. The van der Waals surface area contributed by atoms with E-state index in [0.29, 0.717) is 46.9 Å². The zero-order chi connectivity index (χ0) is 23.1. The normalized spacial score (nSPS) is 19.4. The van der Waals surface area contributed by atoms with Gasteiger partial charge in [0.15, 0.2) is 16.6 Å². The molecule has 1 atom stereocenters. The molecule has 5 rings (SSSR count). The SMILES string of the molecule is CC(C)c1ccc([C@H]2/C(=C(\O)c3ccc4c(c3)OCCO4)C(=O)C(=O)N2c2nccs2)cc1. The van der Waals surface area contributed by atoms with Crippen molar-refractivity contribution in [1.29, 1.82) is 0 Å². The first kappa shape index (κ1) is 21.2. The zero-order valence-corrected chi connectivity index (χ0v) is 19.0. The van der Waals surface area contributed by atoms with Gasteiger partial charge >= 0.3 is 5.91 Å². The number of amides is 1. The van der Waals surface area contributed by atoms with Gasteiger partial charge in [-0.2, -0.15) is 0 Å². The van der Waals surface area contributed by atoms with Gasteiger partial charge < -0.3 is 14.6 Å². The molecule has 7 nitrogen and oxygen atoms in total. The second-order valence-corrected chi connectivity index (χ2v) is 9.04. The Morgan fingerprint density at radius 1 is 1.09 bits per heavy atom. The molecule has 1 N–H and O–H groups in total. The molecule has 0 radical (unpaired) electrons. The van der Waals surface area contributed by atoms with Gasteiger partial charge in [0.2, 0.25) is 0 Å². The second kappa shape index (κ2) is 8.37. The van der Waals surface area contributed by atoms with E-state index in [9.17, 15) is 14.7 Å². The van der Waals surface area contributed by atoms with Gasteiger partial charge in [-0.05, 0) is 35.2 Å². The first-order chi connectivity index (χ1) is 16.0. The molecule has 1 saturated heterocycles. The Balaban J connectivity index is 1.66. The van der Waals surface area contributed by atoms with E-state index in [1.165, 1.54) is 16.2 Å². The van der Waals surface area contributed by atoms with E-state index in [1.54, 1.807) is 29.8 Å².